The molecule has 3 aromatic rings. The zero-order chi connectivity index (χ0) is 21.1. The number of hydrogen-bond acceptors (Lipinski definition) is 5. The molecule has 0 radical (unpaired) electrons. The summed E-state index contributed by atoms with van der Waals surface area (Å²) in [5.41, 5.74) is 5.54. The molecule has 0 aliphatic carbocycles. The van der Waals surface area contributed by atoms with E-state index in [4.69, 9.17) is 4.74 Å². The van der Waals surface area contributed by atoms with Crippen molar-refractivity contribution in [3.8, 4) is 5.69 Å². The van der Waals surface area contributed by atoms with Gasteiger partial charge in [0.2, 0.25) is 0 Å². The lowest BCUT2D eigenvalue weighted by Gasteiger charge is -2.09. The highest BCUT2D eigenvalue weighted by Gasteiger charge is 2.13. The molecular formula is C22H21N3O4. The lowest BCUT2D eigenvalue weighted by molar-refractivity contribution is -0.384. The van der Waals surface area contributed by atoms with E-state index in [1.807, 2.05) is 43.5 Å². The Morgan fingerprint density at radius 1 is 1.14 bits per heavy atom. The molecule has 0 bridgehead atoms. The first-order chi connectivity index (χ1) is 13.8. The van der Waals surface area contributed by atoms with E-state index in [1.165, 1.54) is 13.2 Å². The molecule has 0 atom stereocenters. The normalized spacial score (nSPS) is 11.0. The Labute approximate surface area is 168 Å². The summed E-state index contributed by atoms with van der Waals surface area (Å²) < 4.78 is 6.72. The predicted octanol–water partition coefficient (Wildman–Crippen LogP) is 4.85. The van der Waals surface area contributed by atoms with Crippen molar-refractivity contribution in [2.24, 2.45) is 4.99 Å². The number of aryl methyl sites for hydroxylation is 2. The number of hydrogen-bond donors (Lipinski definition) is 0. The molecule has 0 fully saturated rings. The van der Waals surface area contributed by atoms with E-state index in [2.05, 4.69) is 4.99 Å². The lowest BCUT2D eigenvalue weighted by atomic mass is 10.1. The van der Waals surface area contributed by atoms with Gasteiger partial charge in [0.05, 0.1) is 29.0 Å². The fraction of sp³-hybridized carbons (Fsp3) is 0.182. The van der Waals surface area contributed by atoms with Crippen LogP contribution in [0.15, 0.2) is 53.5 Å². The van der Waals surface area contributed by atoms with Gasteiger partial charge in [0.1, 0.15) is 0 Å². The SMILES string of the molecule is COC(=O)c1ccc(C)c(N=Cc2cc(C)n(-c3cccc([N+](=O)[O-])c3)c2C)c1. The third-order valence-corrected chi connectivity index (χ3v) is 4.74. The molecule has 0 aliphatic rings. The fourth-order valence-electron chi connectivity index (χ4n) is 3.19. The molecule has 3 rings (SSSR count). The van der Waals surface area contributed by atoms with E-state index < -0.39 is 10.9 Å². The van der Waals surface area contributed by atoms with Gasteiger partial charge in [0.25, 0.3) is 5.69 Å². The van der Waals surface area contributed by atoms with Crippen LogP contribution in [0.4, 0.5) is 11.4 Å². The Morgan fingerprint density at radius 2 is 1.90 bits per heavy atom. The Hall–Kier alpha value is -3.74. The summed E-state index contributed by atoms with van der Waals surface area (Å²) in [6, 6.07) is 13.7. The fourth-order valence-corrected chi connectivity index (χ4v) is 3.19. The van der Waals surface area contributed by atoms with Crippen LogP contribution in [0, 0.1) is 30.9 Å². The maximum atomic E-state index is 11.8. The van der Waals surface area contributed by atoms with Gasteiger partial charge in [-0.3, -0.25) is 15.1 Å². The molecule has 0 amide bonds. The van der Waals surface area contributed by atoms with Gasteiger partial charge < -0.3 is 9.30 Å². The minimum atomic E-state index is -0.412. The number of non-ortho nitro benzene ring substituents is 1. The molecule has 0 saturated heterocycles. The van der Waals surface area contributed by atoms with Crippen LogP contribution in [-0.2, 0) is 4.74 Å². The van der Waals surface area contributed by atoms with Gasteiger partial charge >= 0.3 is 5.97 Å². The number of ether oxygens (including phenoxy) is 1. The van der Waals surface area contributed by atoms with Crippen LogP contribution in [0.2, 0.25) is 0 Å². The second-order valence-corrected chi connectivity index (χ2v) is 6.69. The highest BCUT2D eigenvalue weighted by atomic mass is 16.6. The van der Waals surface area contributed by atoms with Gasteiger partial charge in [-0.05, 0) is 50.6 Å². The van der Waals surface area contributed by atoms with Crippen molar-refractivity contribution >= 4 is 23.6 Å². The molecule has 2 aromatic carbocycles. The summed E-state index contributed by atoms with van der Waals surface area (Å²) in [5, 5.41) is 11.1. The summed E-state index contributed by atoms with van der Waals surface area (Å²) >= 11 is 0. The molecule has 1 aromatic heterocycles. The second kappa shape index (κ2) is 8.10. The third kappa shape index (κ3) is 4.08. The molecule has 7 heteroatoms. The van der Waals surface area contributed by atoms with Crippen molar-refractivity contribution < 1.29 is 14.5 Å². The van der Waals surface area contributed by atoms with E-state index in [0.29, 0.717) is 11.3 Å². The van der Waals surface area contributed by atoms with E-state index in [1.54, 1.807) is 30.5 Å². The van der Waals surface area contributed by atoms with Crippen molar-refractivity contribution in [3.63, 3.8) is 0 Å². The van der Waals surface area contributed by atoms with Crippen LogP contribution in [-0.4, -0.2) is 28.8 Å². The monoisotopic (exact) mass is 391 g/mol. The van der Waals surface area contributed by atoms with Crippen molar-refractivity contribution in [2.45, 2.75) is 20.8 Å². The summed E-state index contributed by atoms with van der Waals surface area (Å²) in [6.45, 7) is 5.79. The average Bonchev–Trinajstić information content (AvgIpc) is 3.00. The zero-order valence-corrected chi connectivity index (χ0v) is 16.7. The number of rotatable bonds is 5. The average molecular weight is 391 g/mol. The second-order valence-electron chi connectivity index (χ2n) is 6.69. The predicted molar refractivity (Wildman–Crippen MR) is 112 cm³/mol. The van der Waals surface area contributed by atoms with Gasteiger partial charge in [-0.2, -0.15) is 0 Å². The number of esters is 1. The lowest BCUT2D eigenvalue weighted by Crippen LogP contribution is -2.01. The summed E-state index contributed by atoms with van der Waals surface area (Å²) in [5.74, 6) is -0.412. The maximum absolute atomic E-state index is 11.8. The molecule has 148 valence electrons. The van der Waals surface area contributed by atoms with Gasteiger partial charge in [-0.25, -0.2) is 4.79 Å². The Balaban J connectivity index is 1.98. The standard InChI is InChI=1S/C22H21N3O4/c1-14-8-9-17(22(26)29-4)11-21(14)23-13-18-10-15(2)24(16(18)3)19-6-5-7-20(12-19)25(27)28/h5-13H,1-4H3. The molecule has 0 N–H and O–H groups in total. The molecule has 7 nitrogen and oxygen atoms in total. The van der Waals surface area contributed by atoms with Crippen LogP contribution in [0.3, 0.4) is 0 Å². The maximum Gasteiger partial charge on any atom is 0.337 e. The molecule has 0 saturated carbocycles. The van der Waals surface area contributed by atoms with Crippen LogP contribution >= 0.6 is 0 Å². The molecule has 29 heavy (non-hydrogen) atoms. The quantitative estimate of drug-likeness (QED) is 0.269. The van der Waals surface area contributed by atoms with Gasteiger partial charge in [0.15, 0.2) is 0 Å². The van der Waals surface area contributed by atoms with E-state index in [9.17, 15) is 14.9 Å². The van der Waals surface area contributed by atoms with Crippen molar-refractivity contribution in [1.29, 1.82) is 0 Å². The number of nitro benzene ring substituents is 1. The Morgan fingerprint density at radius 3 is 2.59 bits per heavy atom. The van der Waals surface area contributed by atoms with Crippen molar-refractivity contribution in [2.75, 3.05) is 7.11 Å². The minimum absolute atomic E-state index is 0.0421. The first kappa shape index (κ1) is 20.0. The van der Waals surface area contributed by atoms with Crippen LogP contribution < -0.4 is 0 Å². The van der Waals surface area contributed by atoms with Crippen LogP contribution in [0.5, 0.6) is 0 Å². The van der Waals surface area contributed by atoms with Gasteiger partial charge in [-0.1, -0.05) is 12.1 Å². The van der Waals surface area contributed by atoms with Gasteiger partial charge in [0, 0.05) is 35.3 Å². The molecule has 1 heterocycles. The number of carbonyl (C=O) groups excluding carboxylic acids is 1. The van der Waals surface area contributed by atoms with E-state index in [-0.39, 0.29) is 5.69 Å². The third-order valence-electron chi connectivity index (χ3n) is 4.74. The molecule has 0 spiro atoms. The number of aliphatic imine (C=N–C) groups is 1. The van der Waals surface area contributed by atoms with E-state index >= 15 is 0 Å². The topological polar surface area (TPSA) is 86.7 Å². The highest BCUT2D eigenvalue weighted by Crippen LogP contribution is 2.25. The number of nitro groups is 1. The Bertz CT molecular complexity index is 1130. The summed E-state index contributed by atoms with van der Waals surface area (Å²) in [4.78, 5) is 27.0. The number of nitrogens with zero attached hydrogens (tertiary/aromatic N) is 3. The minimum Gasteiger partial charge on any atom is -0.465 e. The largest absolute Gasteiger partial charge is 0.465 e. The number of methoxy groups -OCH3 is 1. The molecule has 0 unspecified atom stereocenters. The number of aromatic nitrogens is 1. The molecule has 0 aliphatic heterocycles. The van der Waals surface area contributed by atoms with Crippen LogP contribution in [0.1, 0.15) is 32.9 Å². The Kier molecular flexibility index (Phi) is 5.59. The van der Waals surface area contributed by atoms with Crippen molar-refractivity contribution in [3.05, 3.63) is 86.7 Å². The zero-order valence-electron chi connectivity index (χ0n) is 16.7. The first-order valence-electron chi connectivity index (χ1n) is 8.98. The van der Waals surface area contributed by atoms with Crippen LogP contribution in [0.25, 0.3) is 5.69 Å². The number of carbonyl (C=O) groups is 1. The van der Waals surface area contributed by atoms with Crippen molar-refractivity contribution in [1.82, 2.24) is 4.57 Å². The molecular weight excluding hydrogens is 370 g/mol. The smallest absolute Gasteiger partial charge is 0.337 e. The number of benzene rings is 2. The highest BCUT2D eigenvalue weighted by molar-refractivity contribution is 5.91. The van der Waals surface area contributed by atoms with E-state index in [0.717, 1.165) is 28.2 Å². The summed E-state index contributed by atoms with van der Waals surface area (Å²) in [6.07, 6.45) is 1.74. The summed E-state index contributed by atoms with van der Waals surface area (Å²) in [7, 11) is 1.34. The van der Waals surface area contributed by atoms with Gasteiger partial charge in [-0.15, -0.1) is 0 Å². The first-order valence-corrected chi connectivity index (χ1v) is 8.98.